The van der Waals surface area contributed by atoms with E-state index >= 15 is 0 Å². The Morgan fingerprint density at radius 2 is 1.71 bits per heavy atom. The first-order valence-electron chi connectivity index (χ1n) is 11.5. The molecule has 31 heavy (non-hydrogen) atoms. The molecule has 0 amide bonds. The highest BCUT2D eigenvalue weighted by molar-refractivity contribution is 5.36. The number of aryl methyl sites for hydroxylation is 2. The van der Waals surface area contributed by atoms with E-state index < -0.39 is 6.10 Å². The van der Waals surface area contributed by atoms with E-state index in [9.17, 15) is 15.3 Å². The molecular formula is C26H39NO4. The second-order valence-electron chi connectivity index (χ2n) is 8.24. The summed E-state index contributed by atoms with van der Waals surface area (Å²) in [4.78, 5) is 0. The largest absolute Gasteiger partial charge is 0.508 e. The smallest absolute Gasteiger partial charge is 0.121 e. The van der Waals surface area contributed by atoms with Crippen molar-refractivity contribution in [2.24, 2.45) is 0 Å². The zero-order valence-corrected chi connectivity index (χ0v) is 18.9. The lowest BCUT2D eigenvalue weighted by atomic mass is 10.1. The summed E-state index contributed by atoms with van der Waals surface area (Å²) >= 11 is 0. The molecule has 2 rings (SSSR count). The van der Waals surface area contributed by atoms with E-state index in [1.165, 1.54) is 36.5 Å². The molecule has 5 nitrogen and oxygen atoms in total. The van der Waals surface area contributed by atoms with Gasteiger partial charge in [0.25, 0.3) is 0 Å². The summed E-state index contributed by atoms with van der Waals surface area (Å²) in [6, 6.07) is 13.5. The Balaban J connectivity index is 1.39. The standard InChI is InChI=1S/C26H39NO4/c1-21-9-7-10-22(17-21)11-8-16-31-15-6-4-2-3-5-14-27-19-26(30)23-12-13-25(29)24(18-23)20-28/h7,9-10,12-13,17-18,26-30H,2-6,8,11,14-16,19-20H2,1H3. The van der Waals surface area contributed by atoms with Crippen LogP contribution in [0.5, 0.6) is 5.75 Å². The zero-order valence-electron chi connectivity index (χ0n) is 18.9. The van der Waals surface area contributed by atoms with E-state index in [0.29, 0.717) is 17.7 Å². The Kier molecular flexibility index (Phi) is 12.2. The number of benzene rings is 2. The van der Waals surface area contributed by atoms with Gasteiger partial charge in [-0.25, -0.2) is 0 Å². The summed E-state index contributed by atoms with van der Waals surface area (Å²) in [5, 5.41) is 32.3. The van der Waals surface area contributed by atoms with Crippen LogP contribution in [-0.4, -0.2) is 41.6 Å². The maximum atomic E-state index is 10.2. The van der Waals surface area contributed by atoms with Crippen molar-refractivity contribution in [2.75, 3.05) is 26.3 Å². The van der Waals surface area contributed by atoms with Crippen LogP contribution < -0.4 is 5.32 Å². The maximum Gasteiger partial charge on any atom is 0.121 e. The zero-order chi connectivity index (χ0) is 22.3. The van der Waals surface area contributed by atoms with Gasteiger partial charge < -0.3 is 25.4 Å². The minimum Gasteiger partial charge on any atom is -0.508 e. The Morgan fingerprint density at radius 3 is 2.52 bits per heavy atom. The van der Waals surface area contributed by atoms with Crippen LogP contribution in [0.2, 0.25) is 0 Å². The molecule has 1 atom stereocenters. The lowest BCUT2D eigenvalue weighted by Crippen LogP contribution is -2.22. The normalized spacial score (nSPS) is 12.2. The molecule has 4 N–H and O–H groups in total. The van der Waals surface area contributed by atoms with Gasteiger partial charge in [0.15, 0.2) is 0 Å². The molecule has 0 radical (unpaired) electrons. The molecule has 0 saturated carbocycles. The fourth-order valence-corrected chi connectivity index (χ4v) is 3.63. The van der Waals surface area contributed by atoms with Gasteiger partial charge in [-0.15, -0.1) is 0 Å². The topological polar surface area (TPSA) is 82.0 Å². The van der Waals surface area contributed by atoms with Gasteiger partial charge in [0.05, 0.1) is 12.7 Å². The number of hydrogen-bond acceptors (Lipinski definition) is 5. The number of hydrogen-bond donors (Lipinski definition) is 4. The van der Waals surface area contributed by atoms with Crippen LogP contribution in [0.1, 0.15) is 66.9 Å². The van der Waals surface area contributed by atoms with Gasteiger partial charge in [0.1, 0.15) is 5.75 Å². The monoisotopic (exact) mass is 429 g/mol. The minimum absolute atomic E-state index is 0.0547. The Hall–Kier alpha value is -1.92. The van der Waals surface area contributed by atoms with Crippen molar-refractivity contribution in [3.8, 4) is 5.75 Å². The second-order valence-corrected chi connectivity index (χ2v) is 8.24. The summed E-state index contributed by atoms with van der Waals surface area (Å²) in [6.07, 6.45) is 7.28. The fraction of sp³-hybridized carbons (Fsp3) is 0.538. The highest BCUT2D eigenvalue weighted by Crippen LogP contribution is 2.22. The molecule has 5 heteroatoms. The Labute approximate surface area is 187 Å². The third kappa shape index (κ3) is 10.3. The quantitative estimate of drug-likeness (QED) is 0.297. The fourth-order valence-electron chi connectivity index (χ4n) is 3.63. The minimum atomic E-state index is -0.644. The van der Waals surface area contributed by atoms with Crippen LogP contribution in [0.25, 0.3) is 0 Å². The molecule has 172 valence electrons. The highest BCUT2D eigenvalue weighted by atomic mass is 16.5. The highest BCUT2D eigenvalue weighted by Gasteiger charge is 2.09. The average Bonchev–Trinajstić information content (AvgIpc) is 2.77. The number of aromatic hydroxyl groups is 1. The van der Waals surface area contributed by atoms with Gasteiger partial charge in [-0.2, -0.15) is 0 Å². The van der Waals surface area contributed by atoms with Crippen molar-refractivity contribution in [3.05, 3.63) is 64.7 Å². The summed E-state index contributed by atoms with van der Waals surface area (Å²) in [5.41, 5.74) is 3.85. The lowest BCUT2D eigenvalue weighted by molar-refractivity contribution is 0.127. The molecule has 0 spiro atoms. The number of unbranched alkanes of at least 4 members (excludes halogenated alkanes) is 4. The number of nitrogens with one attached hydrogen (secondary N) is 1. The second kappa shape index (κ2) is 15.0. The Morgan fingerprint density at radius 1 is 0.935 bits per heavy atom. The van der Waals surface area contributed by atoms with E-state index in [2.05, 4.69) is 36.5 Å². The van der Waals surface area contributed by atoms with Crippen LogP contribution in [0.15, 0.2) is 42.5 Å². The number of rotatable bonds is 16. The molecule has 1 unspecified atom stereocenters. The molecule has 0 fully saturated rings. The van der Waals surface area contributed by atoms with Crippen molar-refractivity contribution in [3.63, 3.8) is 0 Å². The summed E-state index contributed by atoms with van der Waals surface area (Å²) in [6.45, 7) is 4.91. The molecule has 0 bridgehead atoms. The molecule has 0 aliphatic rings. The van der Waals surface area contributed by atoms with Crippen molar-refractivity contribution in [1.82, 2.24) is 5.32 Å². The first-order chi connectivity index (χ1) is 15.1. The van der Waals surface area contributed by atoms with Gasteiger partial charge >= 0.3 is 0 Å². The number of aliphatic hydroxyl groups excluding tert-OH is 2. The average molecular weight is 430 g/mol. The molecule has 0 heterocycles. The van der Waals surface area contributed by atoms with Gasteiger partial charge in [-0.1, -0.05) is 55.2 Å². The lowest BCUT2D eigenvalue weighted by Gasteiger charge is -2.14. The maximum absolute atomic E-state index is 10.2. The van der Waals surface area contributed by atoms with Crippen molar-refractivity contribution in [2.45, 2.75) is 64.6 Å². The molecule has 2 aromatic carbocycles. The van der Waals surface area contributed by atoms with Crippen molar-refractivity contribution >= 4 is 0 Å². The van der Waals surface area contributed by atoms with E-state index in [4.69, 9.17) is 4.74 Å². The first kappa shape index (κ1) is 25.3. The summed E-state index contributed by atoms with van der Waals surface area (Å²) in [5.74, 6) is 0.0547. The van der Waals surface area contributed by atoms with E-state index in [1.807, 2.05) is 0 Å². The molecule has 0 aromatic heterocycles. The van der Waals surface area contributed by atoms with Crippen molar-refractivity contribution in [1.29, 1.82) is 0 Å². The van der Waals surface area contributed by atoms with Crippen LogP contribution in [0, 0.1) is 6.92 Å². The third-order valence-electron chi connectivity index (χ3n) is 5.48. The number of phenols is 1. The van der Waals surface area contributed by atoms with E-state index in [-0.39, 0.29) is 12.4 Å². The third-order valence-corrected chi connectivity index (χ3v) is 5.48. The number of aliphatic hydroxyl groups is 2. The van der Waals surface area contributed by atoms with Gasteiger partial charge in [0, 0.05) is 25.3 Å². The van der Waals surface area contributed by atoms with Gasteiger partial charge in [-0.3, -0.25) is 0 Å². The first-order valence-corrected chi connectivity index (χ1v) is 11.5. The van der Waals surface area contributed by atoms with Crippen LogP contribution >= 0.6 is 0 Å². The molecule has 0 aliphatic carbocycles. The van der Waals surface area contributed by atoms with Crippen LogP contribution in [-0.2, 0) is 17.8 Å². The number of ether oxygens (including phenoxy) is 1. The summed E-state index contributed by atoms with van der Waals surface area (Å²) < 4.78 is 5.75. The van der Waals surface area contributed by atoms with Gasteiger partial charge in [0.2, 0.25) is 0 Å². The van der Waals surface area contributed by atoms with Crippen LogP contribution in [0.4, 0.5) is 0 Å². The molecule has 0 saturated heterocycles. The Bertz CT molecular complexity index is 750. The summed E-state index contributed by atoms with van der Waals surface area (Å²) in [7, 11) is 0. The van der Waals surface area contributed by atoms with Gasteiger partial charge in [-0.05, 0) is 62.4 Å². The van der Waals surface area contributed by atoms with E-state index in [1.54, 1.807) is 12.1 Å². The van der Waals surface area contributed by atoms with Crippen LogP contribution in [0.3, 0.4) is 0 Å². The predicted octanol–water partition coefficient (Wildman–Crippen LogP) is 4.42. The SMILES string of the molecule is Cc1cccc(CCCOCCCCCCCNCC(O)c2ccc(O)c(CO)c2)c1. The van der Waals surface area contributed by atoms with Crippen molar-refractivity contribution < 1.29 is 20.1 Å². The predicted molar refractivity (Wildman–Crippen MR) is 125 cm³/mol. The molecular weight excluding hydrogens is 390 g/mol. The molecule has 0 aliphatic heterocycles. The molecule has 2 aromatic rings. The van der Waals surface area contributed by atoms with E-state index in [0.717, 1.165) is 45.4 Å².